The summed E-state index contributed by atoms with van der Waals surface area (Å²) in [7, 11) is 0. The van der Waals surface area contributed by atoms with Crippen LogP contribution in [0.25, 0.3) is 0 Å². The van der Waals surface area contributed by atoms with Crippen LogP contribution >= 0.6 is 0 Å². The minimum Gasteiger partial charge on any atom is -0.491 e. The van der Waals surface area contributed by atoms with Crippen LogP contribution in [-0.4, -0.2) is 18.1 Å². The molecule has 0 aliphatic carbocycles. The van der Waals surface area contributed by atoms with Gasteiger partial charge in [0, 0.05) is 11.1 Å². The van der Waals surface area contributed by atoms with Crippen molar-refractivity contribution in [3.63, 3.8) is 0 Å². The number of amides is 1. The first-order valence-corrected chi connectivity index (χ1v) is 6.54. The number of hydrogen-bond acceptors (Lipinski definition) is 3. The molecule has 0 aromatic heterocycles. The molecule has 1 rings (SSSR count). The molecule has 0 saturated carbocycles. The highest BCUT2D eigenvalue weighted by Crippen LogP contribution is 2.23. The number of nitrogens with two attached hydrogens (primary N) is 1. The standard InChI is InChI=1S/C15H24N2O2/c1-10(2)9-19-13-8-11(6-7-12(13)16)14(18)17-15(3,4)5/h6-8,10H,9,16H2,1-5H3,(H,17,18). The number of nitrogens with one attached hydrogen (secondary N) is 1. The fraction of sp³-hybridized carbons (Fsp3) is 0.533. The molecule has 0 spiro atoms. The summed E-state index contributed by atoms with van der Waals surface area (Å²) < 4.78 is 5.61. The van der Waals surface area contributed by atoms with Gasteiger partial charge in [-0.2, -0.15) is 0 Å². The van der Waals surface area contributed by atoms with Crippen molar-refractivity contribution >= 4 is 11.6 Å². The Bertz CT molecular complexity index is 448. The lowest BCUT2D eigenvalue weighted by atomic mass is 10.1. The maximum absolute atomic E-state index is 12.1. The largest absolute Gasteiger partial charge is 0.491 e. The maximum atomic E-state index is 12.1. The number of carbonyl (C=O) groups excluding carboxylic acids is 1. The van der Waals surface area contributed by atoms with Crippen molar-refractivity contribution in [3.8, 4) is 5.75 Å². The molecular formula is C15H24N2O2. The van der Waals surface area contributed by atoms with E-state index in [1.54, 1.807) is 18.2 Å². The fourth-order valence-corrected chi connectivity index (χ4v) is 1.47. The third-order valence-electron chi connectivity index (χ3n) is 2.34. The Balaban J connectivity index is 2.86. The molecule has 0 aliphatic rings. The van der Waals surface area contributed by atoms with Crippen molar-refractivity contribution in [1.29, 1.82) is 0 Å². The Morgan fingerprint density at radius 3 is 2.53 bits per heavy atom. The molecule has 0 radical (unpaired) electrons. The van der Waals surface area contributed by atoms with E-state index in [0.29, 0.717) is 29.5 Å². The smallest absolute Gasteiger partial charge is 0.251 e. The van der Waals surface area contributed by atoms with E-state index in [2.05, 4.69) is 19.2 Å². The highest BCUT2D eigenvalue weighted by Gasteiger charge is 2.16. The van der Waals surface area contributed by atoms with Crippen LogP contribution in [-0.2, 0) is 0 Å². The second kappa shape index (κ2) is 5.95. The van der Waals surface area contributed by atoms with Gasteiger partial charge in [-0.05, 0) is 44.9 Å². The van der Waals surface area contributed by atoms with Gasteiger partial charge in [-0.15, -0.1) is 0 Å². The molecular weight excluding hydrogens is 240 g/mol. The number of nitrogen functional groups attached to an aromatic ring is 1. The van der Waals surface area contributed by atoms with E-state index in [-0.39, 0.29) is 11.4 Å². The maximum Gasteiger partial charge on any atom is 0.251 e. The van der Waals surface area contributed by atoms with Crippen molar-refractivity contribution in [2.45, 2.75) is 40.2 Å². The second-order valence-electron chi connectivity index (χ2n) is 6.16. The van der Waals surface area contributed by atoms with E-state index in [4.69, 9.17) is 10.5 Å². The number of benzene rings is 1. The van der Waals surface area contributed by atoms with Gasteiger partial charge in [0.1, 0.15) is 5.75 Å². The molecule has 4 nitrogen and oxygen atoms in total. The molecule has 0 unspecified atom stereocenters. The van der Waals surface area contributed by atoms with E-state index in [9.17, 15) is 4.79 Å². The Hall–Kier alpha value is -1.71. The van der Waals surface area contributed by atoms with Crippen molar-refractivity contribution < 1.29 is 9.53 Å². The van der Waals surface area contributed by atoms with Gasteiger partial charge in [0.2, 0.25) is 0 Å². The molecule has 4 heteroatoms. The normalized spacial score (nSPS) is 11.5. The third-order valence-corrected chi connectivity index (χ3v) is 2.34. The zero-order valence-corrected chi connectivity index (χ0v) is 12.4. The van der Waals surface area contributed by atoms with Crippen molar-refractivity contribution in [2.24, 2.45) is 5.92 Å². The summed E-state index contributed by atoms with van der Waals surface area (Å²) in [5.74, 6) is 0.851. The van der Waals surface area contributed by atoms with Crippen LogP contribution in [0.4, 0.5) is 5.69 Å². The number of ether oxygens (including phenoxy) is 1. The summed E-state index contributed by atoms with van der Waals surface area (Å²) in [6, 6.07) is 5.10. The summed E-state index contributed by atoms with van der Waals surface area (Å²) in [6.45, 7) is 10.5. The lowest BCUT2D eigenvalue weighted by molar-refractivity contribution is 0.0919. The van der Waals surface area contributed by atoms with Crippen LogP contribution in [0.3, 0.4) is 0 Å². The molecule has 106 valence electrons. The Morgan fingerprint density at radius 1 is 1.37 bits per heavy atom. The highest BCUT2D eigenvalue weighted by molar-refractivity contribution is 5.95. The monoisotopic (exact) mass is 264 g/mol. The number of carbonyl (C=O) groups is 1. The molecule has 1 amide bonds. The van der Waals surface area contributed by atoms with E-state index in [1.807, 2.05) is 20.8 Å². The minimum atomic E-state index is -0.266. The molecule has 1 aromatic carbocycles. The zero-order valence-electron chi connectivity index (χ0n) is 12.4. The number of anilines is 1. The summed E-state index contributed by atoms with van der Waals surface area (Å²) in [5.41, 5.74) is 6.69. The van der Waals surface area contributed by atoms with Gasteiger partial charge >= 0.3 is 0 Å². The molecule has 0 bridgehead atoms. The SMILES string of the molecule is CC(C)COc1cc(C(=O)NC(C)(C)C)ccc1N. The van der Waals surface area contributed by atoms with Gasteiger partial charge in [-0.3, -0.25) is 4.79 Å². The van der Waals surface area contributed by atoms with Crippen LogP contribution < -0.4 is 15.8 Å². The van der Waals surface area contributed by atoms with Gasteiger partial charge in [0.05, 0.1) is 12.3 Å². The van der Waals surface area contributed by atoms with Crippen LogP contribution in [0, 0.1) is 5.92 Å². The van der Waals surface area contributed by atoms with Gasteiger partial charge < -0.3 is 15.8 Å². The second-order valence-corrected chi connectivity index (χ2v) is 6.16. The Kier molecular flexibility index (Phi) is 4.81. The Morgan fingerprint density at radius 2 is 2.00 bits per heavy atom. The molecule has 3 N–H and O–H groups in total. The quantitative estimate of drug-likeness (QED) is 0.822. The fourth-order valence-electron chi connectivity index (χ4n) is 1.47. The Labute approximate surface area is 115 Å². The summed E-state index contributed by atoms with van der Waals surface area (Å²) in [4.78, 5) is 12.1. The first-order chi connectivity index (χ1) is 8.69. The molecule has 0 aliphatic heterocycles. The third kappa shape index (κ3) is 5.20. The summed E-state index contributed by atoms with van der Waals surface area (Å²) >= 11 is 0. The molecule has 0 heterocycles. The zero-order chi connectivity index (χ0) is 14.6. The predicted molar refractivity (Wildman–Crippen MR) is 78.4 cm³/mol. The van der Waals surface area contributed by atoms with Gasteiger partial charge in [-0.1, -0.05) is 13.8 Å². The van der Waals surface area contributed by atoms with Crippen LogP contribution in [0.1, 0.15) is 45.0 Å². The molecule has 0 saturated heterocycles. The van der Waals surface area contributed by atoms with Crippen molar-refractivity contribution in [1.82, 2.24) is 5.32 Å². The van der Waals surface area contributed by atoms with Gasteiger partial charge in [-0.25, -0.2) is 0 Å². The number of hydrogen-bond donors (Lipinski definition) is 2. The summed E-state index contributed by atoms with van der Waals surface area (Å²) in [6.07, 6.45) is 0. The molecule has 0 fully saturated rings. The molecule has 1 aromatic rings. The van der Waals surface area contributed by atoms with E-state index < -0.39 is 0 Å². The predicted octanol–water partition coefficient (Wildman–Crippen LogP) is 2.83. The van der Waals surface area contributed by atoms with Gasteiger partial charge in [0.15, 0.2) is 0 Å². The topological polar surface area (TPSA) is 64.3 Å². The lowest BCUT2D eigenvalue weighted by Crippen LogP contribution is -2.40. The van der Waals surface area contributed by atoms with Crippen LogP contribution in [0.15, 0.2) is 18.2 Å². The van der Waals surface area contributed by atoms with Crippen LogP contribution in [0.2, 0.25) is 0 Å². The number of rotatable bonds is 4. The van der Waals surface area contributed by atoms with Crippen molar-refractivity contribution in [3.05, 3.63) is 23.8 Å². The average Bonchev–Trinajstić information content (AvgIpc) is 2.25. The van der Waals surface area contributed by atoms with E-state index in [0.717, 1.165) is 0 Å². The van der Waals surface area contributed by atoms with Crippen LogP contribution in [0.5, 0.6) is 5.75 Å². The highest BCUT2D eigenvalue weighted by atomic mass is 16.5. The van der Waals surface area contributed by atoms with E-state index in [1.165, 1.54) is 0 Å². The average molecular weight is 264 g/mol. The lowest BCUT2D eigenvalue weighted by Gasteiger charge is -2.21. The van der Waals surface area contributed by atoms with Gasteiger partial charge in [0.25, 0.3) is 5.91 Å². The minimum absolute atomic E-state index is 0.123. The first-order valence-electron chi connectivity index (χ1n) is 6.54. The molecule has 19 heavy (non-hydrogen) atoms. The molecule has 0 atom stereocenters. The van der Waals surface area contributed by atoms with E-state index >= 15 is 0 Å². The first kappa shape index (κ1) is 15.3. The van der Waals surface area contributed by atoms with Crippen molar-refractivity contribution in [2.75, 3.05) is 12.3 Å². The summed E-state index contributed by atoms with van der Waals surface area (Å²) in [5, 5.41) is 2.91.